The molecule has 0 spiro atoms. The average Bonchev–Trinajstić information content (AvgIpc) is 2.43. The quantitative estimate of drug-likeness (QED) is 0.866. The van der Waals surface area contributed by atoms with E-state index < -0.39 is 0 Å². The second-order valence-electron chi connectivity index (χ2n) is 5.61. The van der Waals surface area contributed by atoms with E-state index in [0.29, 0.717) is 6.54 Å². The van der Waals surface area contributed by atoms with E-state index in [-0.39, 0.29) is 18.0 Å². The summed E-state index contributed by atoms with van der Waals surface area (Å²) in [6.07, 6.45) is 3.33. The molecule has 110 valence electrons. The number of methoxy groups -OCH3 is 1. The molecular weight excluding hydrogens is 252 g/mol. The Hall–Kier alpha value is -1.55. The molecule has 1 atom stereocenters. The first-order valence-corrected chi connectivity index (χ1v) is 7.29. The lowest BCUT2D eigenvalue weighted by Gasteiger charge is -2.27. The summed E-state index contributed by atoms with van der Waals surface area (Å²) >= 11 is 0. The number of nitrogens with one attached hydrogen (secondary N) is 2. The minimum atomic E-state index is 0.0509. The van der Waals surface area contributed by atoms with E-state index in [1.807, 2.05) is 19.9 Å². The lowest BCUT2D eigenvalue weighted by Crippen LogP contribution is -2.39. The minimum Gasteiger partial charge on any atom is -0.497 e. The number of amides is 1. The van der Waals surface area contributed by atoms with Gasteiger partial charge in [0.1, 0.15) is 5.75 Å². The fraction of sp³-hybridized carbons (Fsp3) is 0.562. The molecule has 0 saturated carbocycles. The van der Waals surface area contributed by atoms with Crippen LogP contribution in [0, 0.1) is 0 Å². The predicted octanol–water partition coefficient (Wildman–Crippen LogP) is 2.19. The highest BCUT2D eigenvalue weighted by atomic mass is 16.5. The van der Waals surface area contributed by atoms with Gasteiger partial charge in [0, 0.05) is 12.1 Å². The van der Waals surface area contributed by atoms with E-state index in [4.69, 9.17) is 4.74 Å². The van der Waals surface area contributed by atoms with Crippen molar-refractivity contribution in [1.29, 1.82) is 0 Å². The van der Waals surface area contributed by atoms with Gasteiger partial charge in [-0.05, 0) is 56.4 Å². The number of aryl methyl sites for hydroxylation is 1. The molecule has 0 fully saturated rings. The van der Waals surface area contributed by atoms with Gasteiger partial charge >= 0.3 is 0 Å². The van der Waals surface area contributed by atoms with Gasteiger partial charge in [0.05, 0.1) is 13.7 Å². The third kappa shape index (κ3) is 3.73. The number of ether oxygens (including phenoxy) is 1. The maximum absolute atomic E-state index is 11.7. The third-order valence-electron chi connectivity index (χ3n) is 3.63. The summed E-state index contributed by atoms with van der Waals surface area (Å²) < 4.78 is 5.30. The first kappa shape index (κ1) is 14.9. The highest BCUT2D eigenvalue weighted by molar-refractivity contribution is 5.78. The van der Waals surface area contributed by atoms with Gasteiger partial charge in [-0.3, -0.25) is 4.79 Å². The van der Waals surface area contributed by atoms with Crippen LogP contribution in [-0.2, 0) is 11.2 Å². The van der Waals surface area contributed by atoms with Crippen molar-refractivity contribution in [1.82, 2.24) is 10.6 Å². The van der Waals surface area contributed by atoms with Gasteiger partial charge in [0.2, 0.25) is 5.91 Å². The first-order valence-electron chi connectivity index (χ1n) is 7.29. The Bertz CT molecular complexity index is 472. The second-order valence-corrected chi connectivity index (χ2v) is 5.61. The largest absolute Gasteiger partial charge is 0.497 e. The SMILES string of the molecule is COc1ccc2c(c1)C(NCC(=O)NC(C)C)CCC2. The zero-order valence-electron chi connectivity index (χ0n) is 12.5. The lowest BCUT2D eigenvalue weighted by molar-refractivity contribution is -0.120. The molecule has 1 aliphatic rings. The number of carbonyl (C=O) groups is 1. The van der Waals surface area contributed by atoms with Crippen LogP contribution in [0.15, 0.2) is 18.2 Å². The van der Waals surface area contributed by atoms with Crippen molar-refractivity contribution in [2.75, 3.05) is 13.7 Å². The van der Waals surface area contributed by atoms with E-state index in [9.17, 15) is 4.79 Å². The Morgan fingerprint density at radius 2 is 2.25 bits per heavy atom. The van der Waals surface area contributed by atoms with Crippen LogP contribution in [0.2, 0.25) is 0 Å². The molecule has 4 nitrogen and oxygen atoms in total. The van der Waals surface area contributed by atoms with E-state index in [1.54, 1.807) is 7.11 Å². The number of carbonyl (C=O) groups excluding carboxylic acids is 1. The third-order valence-corrected chi connectivity index (χ3v) is 3.63. The maximum atomic E-state index is 11.7. The summed E-state index contributed by atoms with van der Waals surface area (Å²) in [5.41, 5.74) is 2.63. The fourth-order valence-electron chi connectivity index (χ4n) is 2.71. The van der Waals surface area contributed by atoms with Gasteiger partial charge in [-0.15, -0.1) is 0 Å². The molecule has 0 bridgehead atoms. The molecule has 2 N–H and O–H groups in total. The maximum Gasteiger partial charge on any atom is 0.234 e. The van der Waals surface area contributed by atoms with Crippen molar-refractivity contribution in [3.63, 3.8) is 0 Å². The molecule has 0 saturated heterocycles. The van der Waals surface area contributed by atoms with Crippen molar-refractivity contribution in [3.8, 4) is 5.75 Å². The van der Waals surface area contributed by atoms with Crippen molar-refractivity contribution in [3.05, 3.63) is 29.3 Å². The molecule has 1 unspecified atom stereocenters. The highest BCUT2D eigenvalue weighted by Gasteiger charge is 2.21. The minimum absolute atomic E-state index is 0.0509. The molecule has 4 heteroatoms. The van der Waals surface area contributed by atoms with Crippen molar-refractivity contribution in [2.45, 2.75) is 45.2 Å². The molecule has 1 aromatic rings. The van der Waals surface area contributed by atoms with Gasteiger partial charge in [-0.2, -0.15) is 0 Å². The predicted molar refractivity (Wildman–Crippen MR) is 80.0 cm³/mol. The zero-order chi connectivity index (χ0) is 14.5. The number of benzene rings is 1. The zero-order valence-corrected chi connectivity index (χ0v) is 12.5. The van der Waals surface area contributed by atoms with Crippen LogP contribution in [0.1, 0.15) is 43.9 Å². The standard InChI is InChI=1S/C16H24N2O2/c1-11(2)18-16(19)10-17-15-6-4-5-12-7-8-13(20-3)9-14(12)15/h7-9,11,15,17H,4-6,10H2,1-3H3,(H,18,19). The normalized spacial score (nSPS) is 17.7. The number of hydrogen-bond acceptors (Lipinski definition) is 3. The highest BCUT2D eigenvalue weighted by Crippen LogP contribution is 2.32. The van der Waals surface area contributed by atoms with Gasteiger partial charge in [-0.1, -0.05) is 6.07 Å². The first-order chi connectivity index (χ1) is 9.60. The van der Waals surface area contributed by atoms with Crippen molar-refractivity contribution in [2.24, 2.45) is 0 Å². The van der Waals surface area contributed by atoms with Crippen LogP contribution in [0.3, 0.4) is 0 Å². The van der Waals surface area contributed by atoms with Crippen LogP contribution in [-0.4, -0.2) is 25.6 Å². The molecule has 20 heavy (non-hydrogen) atoms. The summed E-state index contributed by atoms with van der Waals surface area (Å²) in [7, 11) is 1.68. The second kappa shape index (κ2) is 6.75. The van der Waals surface area contributed by atoms with Crippen molar-refractivity contribution >= 4 is 5.91 Å². The van der Waals surface area contributed by atoms with Crippen LogP contribution in [0.5, 0.6) is 5.75 Å². The van der Waals surface area contributed by atoms with Crippen LogP contribution in [0.25, 0.3) is 0 Å². The Morgan fingerprint density at radius 3 is 2.95 bits per heavy atom. The molecule has 2 rings (SSSR count). The Balaban J connectivity index is 2.02. The summed E-state index contributed by atoms with van der Waals surface area (Å²) in [6.45, 7) is 4.30. The average molecular weight is 276 g/mol. The summed E-state index contributed by atoms with van der Waals surface area (Å²) in [6, 6.07) is 6.66. The molecule has 1 aliphatic carbocycles. The Kier molecular flexibility index (Phi) is 5.01. The van der Waals surface area contributed by atoms with Crippen LogP contribution >= 0.6 is 0 Å². The van der Waals surface area contributed by atoms with E-state index in [2.05, 4.69) is 22.8 Å². The summed E-state index contributed by atoms with van der Waals surface area (Å²) in [5.74, 6) is 0.930. The Morgan fingerprint density at radius 1 is 1.45 bits per heavy atom. The molecular formula is C16H24N2O2. The number of hydrogen-bond donors (Lipinski definition) is 2. The van der Waals surface area contributed by atoms with Crippen molar-refractivity contribution < 1.29 is 9.53 Å². The van der Waals surface area contributed by atoms with Gasteiger partial charge in [-0.25, -0.2) is 0 Å². The molecule has 0 heterocycles. The van der Waals surface area contributed by atoms with Crippen LogP contribution < -0.4 is 15.4 Å². The van der Waals surface area contributed by atoms with Gasteiger partial charge in [0.25, 0.3) is 0 Å². The smallest absolute Gasteiger partial charge is 0.234 e. The molecule has 0 aromatic heterocycles. The molecule has 0 radical (unpaired) electrons. The van der Waals surface area contributed by atoms with Gasteiger partial charge in [0.15, 0.2) is 0 Å². The molecule has 1 amide bonds. The fourth-order valence-corrected chi connectivity index (χ4v) is 2.71. The molecule has 0 aliphatic heterocycles. The summed E-state index contributed by atoms with van der Waals surface area (Å²) in [4.78, 5) is 11.7. The van der Waals surface area contributed by atoms with Crippen LogP contribution in [0.4, 0.5) is 0 Å². The van der Waals surface area contributed by atoms with Gasteiger partial charge < -0.3 is 15.4 Å². The monoisotopic (exact) mass is 276 g/mol. The number of fused-ring (bicyclic) bond motifs is 1. The Labute approximate surface area is 120 Å². The topological polar surface area (TPSA) is 50.4 Å². The van der Waals surface area contributed by atoms with E-state index >= 15 is 0 Å². The lowest BCUT2D eigenvalue weighted by atomic mass is 9.87. The number of rotatable bonds is 5. The van der Waals surface area contributed by atoms with E-state index in [1.165, 1.54) is 11.1 Å². The molecule has 1 aromatic carbocycles. The van der Waals surface area contributed by atoms with E-state index in [0.717, 1.165) is 25.0 Å². The summed E-state index contributed by atoms with van der Waals surface area (Å²) in [5, 5.41) is 6.27.